The van der Waals surface area contributed by atoms with Crippen LogP contribution >= 0.6 is 0 Å². The first kappa shape index (κ1) is 21.2. The first-order valence-corrected chi connectivity index (χ1v) is 9.07. The fraction of sp³-hybridized carbons (Fsp3) is 0.333. The average molecular weight is 385 g/mol. The number of benzene rings is 2. The third-order valence-corrected chi connectivity index (χ3v) is 4.05. The highest BCUT2D eigenvalue weighted by Crippen LogP contribution is 2.28. The van der Waals surface area contributed by atoms with Crippen LogP contribution < -0.4 is 20.1 Å². The van der Waals surface area contributed by atoms with Crippen molar-refractivity contribution in [2.45, 2.75) is 13.5 Å². The van der Waals surface area contributed by atoms with Crippen LogP contribution in [0.2, 0.25) is 0 Å². The van der Waals surface area contributed by atoms with E-state index in [1.54, 1.807) is 38.4 Å². The summed E-state index contributed by atoms with van der Waals surface area (Å²) in [6, 6.07) is 12.5. The van der Waals surface area contributed by atoms with E-state index >= 15 is 0 Å². The Kier molecular flexibility index (Phi) is 7.83. The maximum absolute atomic E-state index is 12.3. The van der Waals surface area contributed by atoms with Gasteiger partial charge >= 0.3 is 0 Å². The molecule has 0 unspecified atom stereocenters. The van der Waals surface area contributed by atoms with E-state index in [-0.39, 0.29) is 18.4 Å². The molecule has 0 radical (unpaired) electrons. The number of carbonyl (C=O) groups is 2. The molecule has 7 nitrogen and oxygen atoms in total. The zero-order valence-electron chi connectivity index (χ0n) is 16.7. The Morgan fingerprint density at radius 2 is 1.79 bits per heavy atom. The van der Waals surface area contributed by atoms with Gasteiger partial charge in [-0.1, -0.05) is 6.07 Å². The molecule has 2 N–H and O–H groups in total. The lowest BCUT2D eigenvalue weighted by Gasteiger charge is -2.18. The average Bonchev–Trinajstić information content (AvgIpc) is 2.69. The van der Waals surface area contributed by atoms with Crippen LogP contribution in [0.5, 0.6) is 11.5 Å². The molecule has 0 aromatic heterocycles. The third kappa shape index (κ3) is 5.99. The van der Waals surface area contributed by atoms with Gasteiger partial charge in [-0.2, -0.15) is 0 Å². The second-order valence-corrected chi connectivity index (χ2v) is 6.30. The first-order valence-electron chi connectivity index (χ1n) is 9.07. The van der Waals surface area contributed by atoms with Crippen molar-refractivity contribution < 1.29 is 19.1 Å². The number of nitrogens with one attached hydrogen (secondary N) is 2. The maximum atomic E-state index is 12.3. The summed E-state index contributed by atoms with van der Waals surface area (Å²) in [5.41, 5.74) is 2.21. The largest absolute Gasteiger partial charge is 0.493 e. The molecule has 7 heteroatoms. The lowest BCUT2D eigenvalue weighted by molar-refractivity contribution is -0.117. The smallest absolute Gasteiger partial charge is 0.251 e. The van der Waals surface area contributed by atoms with Crippen molar-refractivity contribution in [1.29, 1.82) is 0 Å². The molecule has 28 heavy (non-hydrogen) atoms. The summed E-state index contributed by atoms with van der Waals surface area (Å²) in [5, 5.41) is 5.39. The van der Waals surface area contributed by atoms with Crippen LogP contribution in [0.4, 0.5) is 5.69 Å². The van der Waals surface area contributed by atoms with Gasteiger partial charge in [-0.3, -0.25) is 14.5 Å². The summed E-state index contributed by atoms with van der Waals surface area (Å²) in [6.07, 6.45) is 0. The van der Waals surface area contributed by atoms with Gasteiger partial charge in [-0.15, -0.1) is 0 Å². The molecule has 0 aliphatic rings. The van der Waals surface area contributed by atoms with Crippen LogP contribution in [0.25, 0.3) is 0 Å². The Morgan fingerprint density at radius 1 is 1.07 bits per heavy atom. The summed E-state index contributed by atoms with van der Waals surface area (Å²) in [5.74, 6) is 1.08. The van der Waals surface area contributed by atoms with E-state index < -0.39 is 0 Å². The van der Waals surface area contributed by atoms with Crippen LogP contribution in [0.15, 0.2) is 42.5 Å². The lowest BCUT2D eigenvalue weighted by atomic mass is 10.2. The molecule has 0 aliphatic heterocycles. The molecule has 2 rings (SSSR count). The van der Waals surface area contributed by atoms with Gasteiger partial charge in [-0.05, 0) is 55.9 Å². The summed E-state index contributed by atoms with van der Waals surface area (Å²) in [4.78, 5) is 25.7. The topological polar surface area (TPSA) is 79.9 Å². The molecule has 0 spiro atoms. The van der Waals surface area contributed by atoms with E-state index in [1.165, 1.54) is 0 Å². The number of anilines is 1. The van der Waals surface area contributed by atoms with Gasteiger partial charge in [0, 0.05) is 24.8 Å². The summed E-state index contributed by atoms with van der Waals surface area (Å²) in [7, 11) is 5.05. The van der Waals surface area contributed by atoms with E-state index in [4.69, 9.17) is 9.47 Å². The van der Waals surface area contributed by atoms with E-state index in [9.17, 15) is 9.59 Å². The minimum Gasteiger partial charge on any atom is -0.493 e. The van der Waals surface area contributed by atoms with Gasteiger partial charge in [0.15, 0.2) is 11.5 Å². The molecule has 150 valence electrons. The van der Waals surface area contributed by atoms with Crippen molar-refractivity contribution in [3.63, 3.8) is 0 Å². The quantitative estimate of drug-likeness (QED) is 0.693. The van der Waals surface area contributed by atoms with Crippen molar-refractivity contribution in [2.24, 2.45) is 0 Å². The molecular weight excluding hydrogens is 358 g/mol. The lowest BCUT2D eigenvalue weighted by Crippen LogP contribution is -2.29. The normalized spacial score (nSPS) is 10.5. The minimum absolute atomic E-state index is 0.131. The van der Waals surface area contributed by atoms with Gasteiger partial charge in [-0.25, -0.2) is 0 Å². The Morgan fingerprint density at radius 3 is 2.39 bits per heavy atom. The predicted molar refractivity (Wildman–Crippen MR) is 109 cm³/mol. The molecule has 0 saturated carbocycles. The molecule has 2 amide bonds. The van der Waals surface area contributed by atoms with E-state index in [1.807, 2.05) is 37.1 Å². The van der Waals surface area contributed by atoms with Gasteiger partial charge in [0.2, 0.25) is 5.91 Å². The number of amides is 2. The zero-order valence-corrected chi connectivity index (χ0v) is 16.7. The predicted octanol–water partition coefficient (Wildman–Crippen LogP) is 2.52. The third-order valence-electron chi connectivity index (χ3n) is 4.05. The Balaban J connectivity index is 1.91. The second-order valence-electron chi connectivity index (χ2n) is 6.30. The Labute approximate surface area is 165 Å². The molecule has 0 saturated heterocycles. The zero-order chi connectivity index (χ0) is 20.5. The fourth-order valence-electron chi connectivity index (χ4n) is 2.75. The summed E-state index contributed by atoms with van der Waals surface area (Å²) >= 11 is 0. The highest BCUT2D eigenvalue weighted by molar-refractivity contribution is 5.96. The molecule has 0 bridgehead atoms. The van der Waals surface area contributed by atoms with Crippen LogP contribution in [0, 0.1) is 0 Å². The molecule has 0 fully saturated rings. The number of ether oxygens (including phenoxy) is 2. The van der Waals surface area contributed by atoms with E-state index in [2.05, 4.69) is 10.6 Å². The van der Waals surface area contributed by atoms with Crippen LogP contribution in [0.1, 0.15) is 22.8 Å². The number of methoxy groups -OCH3 is 1. The summed E-state index contributed by atoms with van der Waals surface area (Å²) < 4.78 is 10.9. The number of rotatable bonds is 9. The number of carbonyl (C=O) groups excluding carboxylic acids is 2. The van der Waals surface area contributed by atoms with Gasteiger partial charge in [0.1, 0.15) is 0 Å². The molecule has 0 aliphatic carbocycles. The number of hydrogen-bond acceptors (Lipinski definition) is 5. The van der Waals surface area contributed by atoms with E-state index in [0.29, 0.717) is 35.9 Å². The highest BCUT2D eigenvalue weighted by atomic mass is 16.5. The van der Waals surface area contributed by atoms with Gasteiger partial charge < -0.3 is 20.1 Å². The fourth-order valence-corrected chi connectivity index (χ4v) is 2.75. The molecule has 2 aromatic carbocycles. The molecule has 0 heterocycles. The number of nitrogens with zero attached hydrogens (tertiary/aromatic N) is 1. The van der Waals surface area contributed by atoms with Crippen molar-refractivity contribution in [2.75, 3.05) is 39.7 Å². The van der Waals surface area contributed by atoms with Gasteiger partial charge in [0.05, 0.1) is 20.3 Å². The van der Waals surface area contributed by atoms with Crippen molar-refractivity contribution in [1.82, 2.24) is 10.2 Å². The summed E-state index contributed by atoms with van der Waals surface area (Å²) in [6.45, 7) is 3.31. The second kappa shape index (κ2) is 10.3. The van der Waals surface area contributed by atoms with E-state index in [0.717, 1.165) is 5.56 Å². The Hall–Kier alpha value is -3.06. The molecular formula is C21H27N3O4. The Bertz CT molecular complexity index is 806. The number of likely N-dealkylation sites (N-methyl/N-ethyl adjacent to an activating group) is 1. The monoisotopic (exact) mass is 385 g/mol. The SMILES string of the molecule is CCOc1ccc(CN(C)CC(=O)Nc2ccc(C(=O)NC)cc2)cc1OC. The highest BCUT2D eigenvalue weighted by Gasteiger charge is 2.11. The van der Waals surface area contributed by atoms with Gasteiger partial charge in [0.25, 0.3) is 5.91 Å². The van der Waals surface area contributed by atoms with Crippen molar-refractivity contribution in [3.05, 3.63) is 53.6 Å². The van der Waals surface area contributed by atoms with Crippen molar-refractivity contribution >= 4 is 17.5 Å². The molecule has 2 aromatic rings. The maximum Gasteiger partial charge on any atom is 0.251 e. The first-order chi connectivity index (χ1) is 13.5. The molecule has 0 atom stereocenters. The van der Waals surface area contributed by atoms with Crippen LogP contribution in [-0.4, -0.2) is 51.1 Å². The standard InChI is InChI=1S/C21H27N3O4/c1-5-28-18-11-6-15(12-19(18)27-4)13-24(3)14-20(25)23-17-9-7-16(8-10-17)21(26)22-2/h6-12H,5,13-14H2,1-4H3,(H,22,26)(H,23,25). The number of hydrogen-bond donors (Lipinski definition) is 2. The van der Waals surface area contributed by atoms with Crippen LogP contribution in [-0.2, 0) is 11.3 Å². The minimum atomic E-state index is -0.164. The van der Waals surface area contributed by atoms with Crippen LogP contribution in [0.3, 0.4) is 0 Å². The van der Waals surface area contributed by atoms with Crippen molar-refractivity contribution in [3.8, 4) is 11.5 Å².